The van der Waals surface area contributed by atoms with E-state index in [1.54, 1.807) is 91.0 Å². The highest BCUT2D eigenvalue weighted by molar-refractivity contribution is 5.90. The van der Waals surface area contributed by atoms with Crippen LogP contribution in [-0.4, -0.2) is 56.2 Å². The molecule has 35 heavy (non-hydrogen) atoms. The van der Waals surface area contributed by atoms with Gasteiger partial charge in [0.05, 0.1) is 16.7 Å². The summed E-state index contributed by atoms with van der Waals surface area (Å²) in [5.74, 6) is -1.85. The Bertz CT molecular complexity index is 1130. The van der Waals surface area contributed by atoms with Crippen molar-refractivity contribution in [2.75, 3.05) is 13.7 Å². The van der Waals surface area contributed by atoms with Crippen molar-refractivity contribution < 1.29 is 38.1 Å². The van der Waals surface area contributed by atoms with E-state index in [-0.39, 0.29) is 6.61 Å². The molecule has 0 spiro atoms. The molecule has 4 atom stereocenters. The highest BCUT2D eigenvalue weighted by atomic mass is 16.7. The Hall–Kier alpha value is -4.01. The maximum Gasteiger partial charge on any atom is 0.338 e. The molecule has 1 aliphatic heterocycles. The number of benzene rings is 3. The van der Waals surface area contributed by atoms with Gasteiger partial charge < -0.3 is 23.7 Å². The first kappa shape index (κ1) is 24.1. The summed E-state index contributed by atoms with van der Waals surface area (Å²) in [5.41, 5.74) is 0.981. The molecule has 0 saturated carbocycles. The lowest BCUT2D eigenvalue weighted by atomic mass is 10.1. The van der Waals surface area contributed by atoms with E-state index in [9.17, 15) is 14.4 Å². The second kappa shape index (κ2) is 11.4. The Labute approximate surface area is 202 Å². The van der Waals surface area contributed by atoms with Gasteiger partial charge >= 0.3 is 17.9 Å². The molecule has 3 aromatic rings. The number of esters is 3. The monoisotopic (exact) mass is 477 g/mol. The SMILES string of the molecule is COC1O[C@H]([13CH2]OC(=O)c2ccccc2)[C@@H](OC(=O)c2ccccc2)[C@H]1OC(=O)c1ccccc1. The molecule has 1 aliphatic rings. The van der Waals surface area contributed by atoms with Crippen LogP contribution in [0.2, 0.25) is 0 Å². The first-order valence-corrected chi connectivity index (χ1v) is 11.0. The smallest absolute Gasteiger partial charge is 0.338 e. The van der Waals surface area contributed by atoms with E-state index >= 15 is 0 Å². The van der Waals surface area contributed by atoms with Crippen molar-refractivity contribution in [1.29, 1.82) is 0 Å². The van der Waals surface area contributed by atoms with Crippen LogP contribution in [0, 0.1) is 0 Å². The van der Waals surface area contributed by atoms with Crippen LogP contribution in [0.4, 0.5) is 0 Å². The molecule has 180 valence electrons. The maximum absolute atomic E-state index is 12.8. The minimum Gasteiger partial charge on any atom is -0.459 e. The Morgan fingerprint density at radius 1 is 0.657 bits per heavy atom. The van der Waals surface area contributed by atoms with Crippen molar-refractivity contribution >= 4 is 17.9 Å². The number of carbonyl (C=O) groups is 3. The standard InChI is InChI=1S/C27H24O8/c1-31-27-23(35-26(30)20-15-9-4-10-16-20)22(34-25(29)19-13-7-3-8-14-19)21(33-27)17-32-24(28)18-11-5-2-6-12-18/h2-16,21-23,27H,17H2,1H3/t21-,22-,23-,27?/m1/s1/i17+1. The van der Waals surface area contributed by atoms with Crippen LogP contribution in [-0.2, 0) is 23.7 Å². The molecule has 0 radical (unpaired) electrons. The summed E-state index contributed by atoms with van der Waals surface area (Å²) in [6, 6.07) is 25.2. The third-order valence-electron chi connectivity index (χ3n) is 5.39. The first-order chi connectivity index (χ1) is 17.1. The van der Waals surface area contributed by atoms with Crippen molar-refractivity contribution in [1.82, 2.24) is 0 Å². The van der Waals surface area contributed by atoms with E-state index in [2.05, 4.69) is 0 Å². The van der Waals surface area contributed by atoms with Crippen LogP contribution >= 0.6 is 0 Å². The average Bonchev–Trinajstić information content (AvgIpc) is 3.24. The molecule has 4 rings (SSSR count). The van der Waals surface area contributed by atoms with Gasteiger partial charge in [-0.2, -0.15) is 0 Å². The molecule has 0 bridgehead atoms. The largest absolute Gasteiger partial charge is 0.459 e. The van der Waals surface area contributed by atoms with Gasteiger partial charge in [0, 0.05) is 7.11 Å². The zero-order valence-electron chi connectivity index (χ0n) is 18.9. The molecule has 0 N–H and O–H groups in total. The van der Waals surface area contributed by atoms with E-state index < -0.39 is 42.5 Å². The third-order valence-corrected chi connectivity index (χ3v) is 5.39. The zero-order chi connectivity index (χ0) is 24.6. The summed E-state index contributed by atoms with van der Waals surface area (Å²) in [7, 11) is 1.38. The lowest BCUT2D eigenvalue weighted by Crippen LogP contribution is -2.42. The highest BCUT2D eigenvalue weighted by Crippen LogP contribution is 2.29. The fourth-order valence-electron chi connectivity index (χ4n) is 3.63. The predicted octanol–water partition coefficient (Wildman–Crippen LogP) is 3.67. The Morgan fingerprint density at radius 3 is 1.54 bits per heavy atom. The van der Waals surface area contributed by atoms with Crippen molar-refractivity contribution in [2.45, 2.75) is 24.6 Å². The van der Waals surface area contributed by atoms with Gasteiger partial charge in [0.1, 0.15) is 12.7 Å². The van der Waals surface area contributed by atoms with Gasteiger partial charge in [0.2, 0.25) is 0 Å². The van der Waals surface area contributed by atoms with Crippen LogP contribution in [0.25, 0.3) is 0 Å². The van der Waals surface area contributed by atoms with Crippen molar-refractivity contribution in [3.8, 4) is 0 Å². The van der Waals surface area contributed by atoms with Crippen LogP contribution in [0.15, 0.2) is 91.0 Å². The Morgan fingerprint density at radius 2 is 1.09 bits per heavy atom. The van der Waals surface area contributed by atoms with Gasteiger partial charge in [0.25, 0.3) is 0 Å². The van der Waals surface area contributed by atoms with Crippen LogP contribution in [0.3, 0.4) is 0 Å². The average molecular weight is 477 g/mol. The highest BCUT2D eigenvalue weighted by Gasteiger charge is 2.50. The normalized spacial score (nSPS) is 21.2. The van der Waals surface area contributed by atoms with Crippen LogP contribution in [0.1, 0.15) is 31.1 Å². The fourth-order valence-corrected chi connectivity index (χ4v) is 3.63. The molecule has 0 aromatic heterocycles. The summed E-state index contributed by atoms with van der Waals surface area (Å²) in [6.45, 7) is -0.250. The number of hydrogen-bond acceptors (Lipinski definition) is 8. The second-order valence-electron chi connectivity index (χ2n) is 7.72. The fraction of sp³-hybridized carbons (Fsp3) is 0.222. The molecule has 0 aliphatic carbocycles. The number of rotatable bonds is 8. The molecular weight excluding hydrogens is 453 g/mol. The molecule has 1 unspecified atom stereocenters. The first-order valence-electron chi connectivity index (χ1n) is 11.0. The molecule has 1 heterocycles. The summed E-state index contributed by atoms with van der Waals surface area (Å²) in [5, 5.41) is 0. The second-order valence-corrected chi connectivity index (χ2v) is 7.72. The number of hydrogen-bond donors (Lipinski definition) is 0. The molecule has 1 fully saturated rings. The zero-order valence-corrected chi connectivity index (χ0v) is 18.9. The summed E-state index contributed by atoms with van der Waals surface area (Å²) in [6.07, 6.45) is -4.17. The van der Waals surface area contributed by atoms with E-state index in [0.717, 1.165) is 0 Å². The Balaban J connectivity index is 1.54. The summed E-state index contributed by atoms with van der Waals surface area (Å²) in [4.78, 5) is 38.0. The number of carbonyl (C=O) groups excluding carboxylic acids is 3. The molecule has 8 heteroatoms. The minimum absolute atomic E-state index is 0.250. The van der Waals surface area contributed by atoms with Gasteiger partial charge in [-0.05, 0) is 36.4 Å². The van der Waals surface area contributed by atoms with E-state index in [4.69, 9.17) is 23.7 Å². The van der Waals surface area contributed by atoms with Crippen molar-refractivity contribution in [2.24, 2.45) is 0 Å². The van der Waals surface area contributed by atoms with Crippen molar-refractivity contribution in [3.05, 3.63) is 108 Å². The van der Waals surface area contributed by atoms with Gasteiger partial charge in [-0.15, -0.1) is 0 Å². The van der Waals surface area contributed by atoms with E-state index in [1.165, 1.54) is 7.11 Å². The molecule has 0 amide bonds. The molecule has 8 nitrogen and oxygen atoms in total. The van der Waals surface area contributed by atoms with Gasteiger partial charge in [-0.3, -0.25) is 0 Å². The lowest BCUT2D eigenvalue weighted by molar-refractivity contribution is -0.155. The van der Waals surface area contributed by atoms with E-state index in [0.29, 0.717) is 16.7 Å². The number of methoxy groups -OCH3 is 1. The van der Waals surface area contributed by atoms with Crippen LogP contribution in [0.5, 0.6) is 0 Å². The topological polar surface area (TPSA) is 97.4 Å². The quantitative estimate of drug-likeness (QED) is 0.275. The van der Waals surface area contributed by atoms with Gasteiger partial charge in [-0.25, -0.2) is 14.4 Å². The summed E-state index contributed by atoms with van der Waals surface area (Å²) < 4.78 is 28.0. The lowest BCUT2D eigenvalue weighted by Gasteiger charge is -2.24. The molecular formula is C27H24O8. The third kappa shape index (κ3) is 5.92. The molecule has 1 saturated heterocycles. The molecule has 3 aromatic carbocycles. The predicted molar refractivity (Wildman–Crippen MR) is 124 cm³/mol. The van der Waals surface area contributed by atoms with Gasteiger partial charge in [0.15, 0.2) is 18.5 Å². The summed E-state index contributed by atoms with van der Waals surface area (Å²) >= 11 is 0. The Kier molecular flexibility index (Phi) is 7.87. The van der Waals surface area contributed by atoms with Crippen LogP contribution < -0.4 is 0 Å². The van der Waals surface area contributed by atoms with E-state index in [1.807, 2.05) is 0 Å². The number of ether oxygens (including phenoxy) is 5. The van der Waals surface area contributed by atoms with Crippen molar-refractivity contribution in [3.63, 3.8) is 0 Å². The minimum atomic E-state index is -1.10. The maximum atomic E-state index is 12.8. The van der Waals surface area contributed by atoms with Gasteiger partial charge in [-0.1, -0.05) is 54.6 Å².